The second-order valence-electron chi connectivity index (χ2n) is 10.6. The first-order valence-corrected chi connectivity index (χ1v) is 13.6. The maximum Gasteiger partial charge on any atom is 0.255 e. The highest BCUT2D eigenvalue weighted by Gasteiger charge is 2.13. The van der Waals surface area contributed by atoms with E-state index in [1.807, 2.05) is 55.5 Å². The molecular formula is C34H35N5O. The summed E-state index contributed by atoms with van der Waals surface area (Å²) in [4.78, 5) is 24.8. The lowest BCUT2D eigenvalue weighted by atomic mass is 10.0. The van der Waals surface area contributed by atoms with Crippen molar-refractivity contribution in [1.82, 2.24) is 14.9 Å². The van der Waals surface area contributed by atoms with Crippen LogP contribution in [0.4, 0.5) is 17.3 Å². The summed E-state index contributed by atoms with van der Waals surface area (Å²) in [6, 6.07) is 32.1. The quantitative estimate of drug-likeness (QED) is 0.205. The fraction of sp³-hybridized carbons (Fsp3) is 0.206. The molecule has 1 amide bonds. The van der Waals surface area contributed by atoms with Crippen molar-refractivity contribution in [2.75, 3.05) is 17.7 Å². The molecule has 5 rings (SSSR count). The normalized spacial score (nSPS) is 11.2. The number of rotatable bonds is 9. The molecule has 0 spiro atoms. The number of hydrogen-bond donors (Lipinski definition) is 2. The van der Waals surface area contributed by atoms with Crippen LogP contribution in [0.25, 0.3) is 10.9 Å². The number of benzene rings is 4. The number of nitrogens with one attached hydrogen (secondary N) is 2. The number of carbonyl (C=O) groups is 1. The van der Waals surface area contributed by atoms with E-state index in [9.17, 15) is 4.79 Å². The van der Waals surface area contributed by atoms with Gasteiger partial charge in [-0.25, -0.2) is 9.97 Å². The molecule has 202 valence electrons. The summed E-state index contributed by atoms with van der Waals surface area (Å²) in [6.45, 7) is 7.92. The summed E-state index contributed by atoms with van der Waals surface area (Å²) in [5.41, 5.74) is 7.58. The van der Waals surface area contributed by atoms with Gasteiger partial charge >= 0.3 is 0 Å². The molecule has 40 heavy (non-hydrogen) atoms. The summed E-state index contributed by atoms with van der Waals surface area (Å²) in [6.07, 6.45) is 0. The molecule has 0 aliphatic rings. The second-order valence-corrected chi connectivity index (χ2v) is 10.6. The van der Waals surface area contributed by atoms with Crippen molar-refractivity contribution < 1.29 is 4.79 Å². The average Bonchev–Trinajstić information content (AvgIpc) is 2.95. The van der Waals surface area contributed by atoms with Gasteiger partial charge in [0.05, 0.1) is 11.2 Å². The van der Waals surface area contributed by atoms with Crippen LogP contribution in [-0.4, -0.2) is 27.8 Å². The number of fused-ring (bicyclic) bond motifs is 1. The van der Waals surface area contributed by atoms with Gasteiger partial charge < -0.3 is 10.6 Å². The number of anilines is 3. The highest BCUT2D eigenvalue weighted by molar-refractivity contribution is 6.04. The number of carbonyl (C=O) groups excluding carboxylic acids is 1. The van der Waals surface area contributed by atoms with E-state index in [0.29, 0.717) is 11.5 Å². The molecule has 5 aromatic rings. The summed E-state index contributed by atoms with van der Waals surface area (Å²) in [5, 5.41) is 7.46. The molecule has 0 saturated heterocycles. The molecule has 2 N–H and O–H groups in total. The van der Waals surface area contributed by atoms with Crippen LogP contribution in [0.2, 0.25) is 0 Å². The van der Waals surface area contributed by atoms with Crippen molar-refractivity contribution >= 4 is 34.1 Å². The molecule has 1 aromatic heterocycles. The smallest absolute Gasteiger partial charge is 0.255 e. The van der Waals surface area contributed by atoms with E-state index in [2.05, 4.69) is 89.9 Å². The average molecular weight is 530 g/mol. The summed E-state index contributed by atoms with van der Waals surface area (Å²) >= 11 is 0. The van der Waals surface area contributed by atoms with E-state index >= 15 is 0 Å². The van der Waals surface area contributed by atoms with Crippen molar-refractivity contribution in [3.63, 3.8) is 0 Å². The zero-order chi connectivity index (χ0) is 28.1. The van der Waals surface area contributed by atoms with Crippen LogP contribution >= 0.6 is 0 Å². The second kappa shape index (κ2) is 12.1. The lowest BCUT2D eigenvalue weighted by molar-refractivity contribution is 0.102. The third-order valence-corrected chi connectivity index (χ3v) is 6.88. The van der Waals surface area contributed by atoms with Crippen molar-refractivity contribution in [1.29, 1.82) is 0 Å². The Bertz CT molecular complexity index is 1610. The fourth-order valence-corrected chi connectivity index (χ4v) is 4.79. The van der Waals surface area contributed by atoms with E-state index in [1.54, 1.807) is 0 Å². The standard InChI is InChI=1S/C34H35N5O/c1-23(2)32-29-12-8-9-13-30(29)37-34(38-32)35-28-18-16-27(17-19-28)33(40)36-31-20-26(15-14-24(31)3)22-39(4)21-25-10-6-5-7-11-25/h5-20,23H,21-22H2,1-4H3,(H,36,40)(H,35,37,38). The number of hydrogen-bond acceptors (Lipinski definition) is 5. The maximum atomic E-state index is 13.1. The van der Waals surface area contributed by atoms with Crippen LogP contribution in [-0.2, 0) is 13.1 Å². The molecule has 1 heterocycles. The molecule has 0 radical (unpaired) electrons. The highest BCUT2D eigenvalue weighted by atomic mass is 16.1. The Kier molecular flexibility index (Phi) is 8.18. The first-order chi connectivity index (χ1) is 19.4. The van der Waals surface area contributed by atoms with Gasteiger partial charge in [-0.05, 0) is 73.0 Å². The van der Waals surface area contributed by atoms with Crippen LogP contribution in [0.1, 0.15) is 52.5 Å². The van der Waals surface area contributed by atoms with E-state index in [4.69, 9.17) is 4.98 Å². The molecule has 0 aliphatic carbocycles. The SMILES string of the molecule is Cc1ccc(CN(C)Cc2ccccc2)cc1NC(=O)c1ccc(Nc2nc(C(C)C)c3ccccc3n2)cc1. The van der Waals surface area contributed by atoms with E-state index in [1.165, 1.54) is 5.56 Å². The Morgan fingerprint density at radius 3 is 2.27 bits per heavy atom. The fourth-order valence-electron chi connectivity index (χ4n) is 4.79. The predicted octanol–water partition coefficient (Wildman–Crippen LogP) is 7.69. The van der Waals surface area contributed by atoms with Gasteiger partial charge in [-0.2, -0.15) is 0 Å². The largest absolute Gasteiger partial charge is 0.324 e. The molecule has 0 atom stereocenters. The summed E-state index contributed by atoms with van der Waals surface area (Å²) in [7, 11) is 2.10. The van der Waals surface area contributed by atoms with Crippen molar-refractivity contribution in [2.45, 2.75) is 39.8 Å². The molecule has 0 saturated carbocycles. The van der Waals surface area contributed by atoms with Gasteiger partial charge in [0.25, 0.3) is 5.91 Å². The van der Waals surface area contributed by atoms with Crippen LogP contribution in [0, 0.1) is 6.92 Å². The lowest BCUT2D eigenvalue weighted by Gasteiger charge is -2.18. The number of aromatic nitrogens is 2. The van der Waals surface area contributed by atoms with E-state index < -0.39 is 0 Å². The van der Waals surface area contributed by atoms with E-state index in [-0.39, 0.29) is 11.8 Å². The number of aryl methyl sites for hydroxylation is 1. The zero-order valence-electron chi connectivity index (χ0n) is 23.5. The first-order valence-electron chi connectivity index (χ1n) is 13.6. The van der Waals surface area contributed by atoms with Gasteiger partial charge in [-0.1, -0.05) is 74.5 Å². The monoisotopic (exact) mass is 529 g/mol. The topological polar surface area (TPSA) is 70.2 Å². The molecule has 0 bridgehead atoms. The molecular weight excluding hydrogens is 494 g/mol. The van der Waals surface area contributed by atoms with Gasteiger partial charge in [0, 0.05) is 35.4 Å². The molecule has 0 aliphatic heterocycles. The van der Waals surface area contributed by atoms with Crippen molar-refractivity contribution in [2.24, 2.45) is 0 Å². The third-order valence-electron chi connectivity index (χ3n) is 6.88. The molecule has 0 fully saturated rings. The van der Waals surface area contributed by atoms with Crippen LogP contribution < -0.4 is 10.6 Å². The summed E-state index contributed by atoms with van der Waals surface area (Å²) in [5.74, 6) is 0.670. The number of nitrogens with zero attached hydrogens (tertiary/aromatic N) is 3. The Balaban J connectivity index is 1.25. The Labute approximate surface area is 236 Å². The Morgan fingerprint density at radius 2 is 1.52 bits per heavy atom. The Hall–Kier alpha value is -4.55. The molecule has 0 unspecified atom stereocenters. The predicted molar refractivity (Wildman–Crippen MR) is 164 cm³/mol. The van der Waals surface area contributed by atoms with Crippen molar-refractivity contribution in [3.05, 3.63) is 125 Å². The molecule has 4 aromatic carbocycles. The van der Waals surface area contributed by atoms with Gasteiger partial charge in [0.1, 0.15) is 0 Å². The highest BCUT2D eigenvalue weighted by Crippen LogP contribution is 2.26. The number of para-hydroxylation sites is 1. The van der Waals surface area contributed by atoms with Crippen LogP contribution in [0.5, 0.6) is 0 Å². The Morgan fingerprint density at radius 1 is 0.825 bits per heavy atom. The van der Waals surface area contributed by atoms with Gasteiger partial charge in [-0.15, -0.1) is 0 Å². The van der Waals surface area contributed by atoms with Gasteiger partial charge in [0.2, 0.25) is 5.95 Å². The zero-order valence-corrected chi connectivity index (χ0v) is 23.5. The van der Waals surface area contributed by atoms with Crippen molar-refractivity contribution in [3.8, 4) is 0 Å². The lowest BCUT2D eigenvalue weighted by Crippen LogP contribution is -2.18. The first kappa shape index (κ1) is 27.0. The van der Waals surface area contributed by atoms with Gasteiger partial charge in [-0.3, -0.25) is 9.69 Å². The summed E-state index contributed by atoms with van der Waals surface area (Å²) < 4.78 is 0. The van der Waals surface area contributed by atoms with Gasteiger partial charge in [0.15, 0.2) is 0 Å². The molecule has 6 nitrogen and oxygen atoms in total. The minimum Gasteiger partial charge on any atom is -0.324 e. The van der Waals surface area contributed by atoms with Crippen LogP contribution in [0.15, 0.2) is 97.1 Å². The maximum absolute atomic E-state index is 13.1. The molecule has 6 heteroatoms. The van der Waals surface area contributed by atoms with E-state index in [0.717, 1.165) is 52.2 Å². The van der Waals surface area contributed by atoms with Crippen LogP contribution in [0.3, 0.4) is 0 Å². The third kappa shape index (κ3) is 6.53. The number of amides is 1. The minimum atomic E-state index is -0.145. The minimum absolute atomic E-state index is 0.145.